The highest BCUT2D eigenvalue weighted by atomic mass is 35.5. The van der Waals surface area contributed by atoms with Gasteiger partial charge < -0.3 is 14.6 Å². The van der Waals surface area contributed by atoms with Crippen molar-refractivity contribution in [2.45, 2.75) is 25.5 Å². The van der Waals surface area contributed by atoms with Gasteiger partial charge in [-0.15, -0.1) is 0 Å². The Hall–Kier alpha value is -3.88. The molecule has 1 fully saturated rings. The maximum atomic E-state index is 13.5. The Labute approximate surface area is 221 Å². The second-order valence-electron chi connectivity index (χ2n) is 9.01. The molecule has 1 saturated heterocycles. The fourth-order valence-corrected chi connectivity index (χ4v) is 6.11. The summed E-state index contributed by atoms with van der Waals surface area (Å²) in [7, 11) is 1.56. The van der Waals surface area contributed by atoms with E-state index in [0.29, 0.717) is 39.0 Å². The van der Waals surface area contributed by atoms with Gasteiger partial charge in [0.2, 0.25) is 0 Å². The van der Waals surface area contributed by atoms with E-state index in [1.807, 2.05) is 13.0 Å². The SMILES string of the molecule is COc1ccc([C@H]2/C(=C(\O)c3ccc4c(c3)C[C@H](C)O4)C(=O)C(=O)N2c2nc3ccc(Cl)cc3s2)cc1. The maximum absolute atomic E-state index is 13.5. The standard InChI is InChI=1S/C28H21ClN2O5S/c1-14-11-17-12-16(5-10-21(17)36-14)25(32)23-24(15-3-7-19(35-2)8-4-15)31(27(34)26(23)33)28-30-20-9-6-18(29)13-22(20)37-28/h3-10,12-14,24,32H,11H2,1-2H3/b25-23+/t14-,24-/m0/s1. The minimum atomic E-state index is -0.884. The Morgan fingerprint density at radius 3 is 2.68 bits per heavy atom. The first-order valence-corrected chi connectivity index (χ1v) is 12.8. The van der Waals surface area contributed by atoms with Crippen molar-refractivity contribution < 1.29 is 24.2 Å². The maximum Gasteiger partial charge on any atom is 0.301 e. The Kier molecular flexibility index (Phi) is 5.66. The first kappa shape index (κ1) is 23.5. The molecule has 0 saturated carbocycles. The number of ketones is 1. The Morgan fingerprint density at radius 1 is 1.14 bits per heavy atom. The monoisotopic (exact) mass is 532 g/mol. The summed E-state index contributed by atoms with van der Waals surface area (Å²) in [6, 6.07) is 16.7. The third-order valence-corrected chi connectivity index (χ3v) is 7.84. The summed E-state index contributed by atoms with van der Waals surface area (Å²) in [5.74, 6) is -0.396. The number of carbonyl (C=O) groups excluding carboxylic acids is 2. The molecule has 186 valence electrons. The average molecular weight is 533 g/mol. The number of methoxy groups -OCH3 is 1. The third-order valence-electron chi connectivity index (χ3n) is 6.59. The third kappa shape index (κ3) is 3.93. The number of aliphatic hydroxyl groups excluding tert-OH is 1. The van der Waals surface area contributed by atoms with Gasteiger partial charge in [-0.2, -0.15) is 0 Å². The second kappa shape index (κ2) is 8.90. The van der Waals surface area contributed by atoms with E-state index in [1.165, 1.54) is 16.2 Å². The highest BCUT2D eigenvalue weighted by Crippen LogP contribution is 2.45. The molecule has 2 aliphatic rings. The molecule has 3 heterocycles. The molecular weight excluding hydrogens is 512 g/mol. The number of amides is 1. The molecule has 2 aliphatic heterocycles. The van der Waals surface area contributed by atoms with Crippen molar-refractivity contribution in [3.63, 3.8) is 0 Å². The first-order valence-electron chi connectivity index (χ1n) is 11.6. The van der Waals surface area contributed by atoms with Crippen LogP contribution in [0.5, 0.6) is 11.5 Å². The van der Waals surface area contributed by atoms with Gasteiger partial charge in [0.25, 0.3) is 5.78 Å². The Morgan fingerprint density at radius 2 is 1.92 bits per heavy atom. The van der Waals surface area contributed by atoms with Crippen LogP contribution in [0.1, 0.15) is 29.7 Å². The number of carbonyl (C=O) groups is 2. The average Bonchev–Trinajstić information content (AvgIpc) is 3.55. The fraction of sp³-hybridized carbons (Fsp3) is 0.179. The van der Waals surface area contributed by atoms with Crippen LogP contribution in [0.15, 0.2) is 66.2 Å². The second-order valence-corrected chi connectivity index (χ2v) is 10.5. The predicted molar refractivity (Wildman–Crippen MR) is 143 cm³/mol. The van der Waals surface area contributed by atoms with Crippen LogP contribution < -0.4 is 14.4 Å². The Bertz CT molecular complexity index is 1610. The zero-order valence-corrected chi connectivity index (χ0v) is 21.5. The van der Waals surface area contributed by atoms with Gasteiger partial charge in [0, 0.05) is 17.0 Å². The van der Waals surface area contributed by atoms with Gasteiger partial charge in [-0.05, 0) is 66.6 Å². The number of hydrogen-bond acceptors (Lipinski definition) is 7. The summed E-state index contributed by atoms with van der Waals surface area (Å²) >= 11 is 7.42. The van der Waals surface area contributed by atoms with Crippen LogP contribution in [-0.4, -0.2) is 35.0 Å². The molecule has 0 bridgehead atoms. The number of Topliss-reactive ketones (excluding diaryl/α,β-unsaturated/α-hetero) is 1. The molecule has 37 heavy (non-hydrogen) atoms. The zero-order valence-electron chi connectivity index (χ0n) is 19.9. The van der Waals surface area contributed by atoms with E-state index in [2.05, 4.69) is 4.98 Å². The Balaban J connectivity index is 1.53. The summed E-state index contributed by atoms with van der Waals surface area (Å²) in [4.78, 5) is 32.9. The highest BCUT2D eigenvalue weighted by Gasteiger charge is 2.48. The molecule has 4 aromatic rings. The number of ether oxygens (including phenoxy) is 2. The zero-order chi connectivity index (χ0) is 25.8. The molecule has 2 atom stereocenters. The van der Waals surface area contributed by atoms with Crippen molar-refractivity contribution in [2.24, 2.45) is 0 Å². The number of anilines is 1. The number of fused-ring (bicyclic) bond motifs is 2. The summed E-state index contributed by atoms with van der Waals surface area (Å²) in [6.07, 6.45) is 0.728. The van der Waals surface area contributed by atoms with Crippen molar-refractivity contribution in [2.75, 3.05) is 12.0 Å². The molecule has 0 aliphatic carbocycles. The lowest BCUT2D eigenvalue weighted by atomic mass is 9.94. The molecular formula is C28H21ClN2O5S. The minimum absolute atomic E-state index is 0.000584. The number of aromatic nitrogens is 1. The van der Waals surface area contributed by atoms with Gasteiger partial charge in [0.05, 0.1) is 28.9 Å². The molecule has 0 unspecified atom stereocenters. The number of nitrogens with zero attached hydrogens (tertiary/aromatic N) is 2. The number of aliphatic hydroxyl groups is 1. The number of hydrogen-bond donors (Lipinski definition) is 1. The van der Waals surface area contributed by atoms with E-state index >= 15 is 0 Å². The molecule has 1 N–H and O–H groups in total. The highest BCUT2D eigenvalue weighted by molar-refractivity contribution is 7.22. The molecule has 7 nitrogen and oxygen atoms in total. The fourth-order valence-electron chi connectivity index (χ4n) is 4.85. The smallest absolute Gasteiger partial charge is 0.301 e. The minimum Gasteiger partial charge on any atom is -0.507 e. The largest absolute Gasteiger partial charge is 0.507 e. The van der Waals surface area contributed by atoms with Crippen molar-refractivity contribution in [3.05, 3.63) is 87.9 Å². The van der Waals surface area contributed by atoms with E-state index in [-0.39, 0.29) is 17.4 Å². The molecule has 0 radical (unpaired) electrons. The lowest BCUT2D eigenvalue weighted by Gasteiger charge is -2.23. The number of benzene rings is 3. The van der Waals surface area contributed by atoms with Gasteiger partial charge >= 0.3 is 5.91 Å². The topological polar surface area (TPSA) is 89.0 Å². The van der Waals surface area contributed by atoms with Gasteiger partial charge in [-0.3, -0.25) is 14.5 Å². The quantitative estimate of drug-likeness (QED) is 0.200. The van der Waals surface area contributed by atoms with Crippen LogP contribution in [-0.2, 0) is 16.0 Å². The van der Waals surface area contributed by atoms with E-state index in [4.69, 9.17) is 21.1 Å². The van der Waals surface area contributed by atoms with Gasteiger partial charge in [0.15, 0.2) is 5.13 Å². The summed E-state index contributed by atoms with van der Waals surface area (Å²) in [5, 5.41) is 12.3. The van der Waals surface area contributed by atoms with Crippen molar-refractivity contribution >= 4 is 55.7 Å². The van der Waals surface area contributed by atoms with Crippen molar-refractivity contribution in [1.29, 1.82) is 0 Å². The van der Waals surface area contributed by atoms with Crippen molar-refractivity contribution in [3.8, 4) is 11.5 Å². The summed E-state index contributed by atoms with van der Waals surface area (Å²) in [5.41, 5.74) is 2.68. The van der Waals surface area contributed by atoms with Crippen LogP contribution in [0.3, 0.4) is 0 Å². The molecule has 6 rings (SSSR count). The van der Waals surface area contributed by atoms with E-state index in [0.717, 1.165) is 16.0 Å². The molecule has 9 heteroatoms. The molecule has 1 amide bonds. The summed E-state index contributed by atoms with van der Waals surface area (Å²) in [6.45, 7) is 1.97. The van der Waals surface area contributed by atoms with Crippen LogP contribution in [0.4, 0.5) is 5.13 Å². The van der Waals surface area contributed by atoms with Crippen LogP contribution >= 0.6 is 22.9 Å². The first-order chi connectivity index (χ1) is 17.8. The van der Waals surface area contributed by atoms with Crippen LogP contribution in [0.2, 0.25) is 5.02 Å². The lowest BCUT2D eigenvalue weighted by molar-refractivity contribution is -0.132. The predicted octanol–water partition coefficient (Wildman–Crippen LogP) is 5.91. The molecule has 3 aromatic carbocycles. The van der Waals surface area contributed by atoms with Gasteiger partial charge in [-0.1, -0.05) is 35.1 Å². The van der Waals surface area contributed by atoms with E-state index < -0.39 is 17.7 Å². The van der Waals surface area contributed by atoms with Crippen LogP contribution in [0.25, 0.3) is 16.0 Å². The molecule has 1 aromatic heterocycles. The number of thiazole rings is 1. The van der Waals surface area contributed by atoms with E-state index in [9.17, 15) is 14.7 Å². The summed E-state index contributed by atoms with van der Waals surface area (Å²) < 4.78 is 11.8. The van der Waals surface area contributed by atoms with Crippen LogP contribution in [0, 0.1) is 0 Å². The normalized spacial score (nSPS) is 20.4. The van der Waals surface area contributed by atoms with Gasteiger partial charge in [-0.25, -0.2) is 4.98 Å². The lowest BCUT2D eigenvalue weighted by Crippen LogP contribution is -2.29. The number of rotatable bonds is 4. The van der Waals surface area contributed by atoms with Crippen molar-refractivity contribution in [1.82, 2.24) is 4.98 Å². The van der Waals surface area contributed by atoms with E-state index in [1.54, 1.807) is 61.7 Å². The number of halogens is 1. The van der Waals surface area contributed by atoms with Gasteiger partial charge in [0.1, 0.15) is 23.4 Å². The molecule has 0 spiro atoms.